The van der Waals surface area contributed by atoms with E-state index in [4.69, 9.17) is 4.98 Å². The number of thiazole rings is 1. The lowest BCUT2D eigenvalue weighted by Crippen LogP contribution is -2.29. The predicted molar refractivity (Wildman–Crippen MR) is 136 cm³/mol. The summed E-state index contributed by atoms with van der Waals surface area (Å²) in [6.45, 7) is 5.02. The van der Waals surface area contributed by atoms with Crippen LogP contribution in [-0.4, -0.2) is 33.8 Å². The molecule has 0 saturated carbocycles. The molecule has 33 heavy (non-hydrogen) atoms. The molecule has 3 aromatic heterocycles. The lowest BCUT2D eigenvalue weighted by Gasteiger charge is -2.25. The van der Waals surface area contributed by atoms with Crippen LogP contribution in [0.2, 0.25) is 0 Å². The minimum Gasteiger partial charge on any atom is -0.313 e. The first-order chi connectivity index (χ1) is 16.0. The molecular weight excluding hydrogens is 476 g/mol. The van der Waals surface area contributed by atoms with Gasteiger partial charge in [-0.3, -0.25) is 19.8 Å². The molecule has 1 amide bonds. The summed E-state index contributed by atoms with van der Waals surface area (Å²) in [6.07, 6.45) is 3.96. The molecule has 7 nitrogen and oxygen atoms in total. The van der Waals surface area contributed by atoms with Gasteiger partial charge in [0.1, 0.15) is 10.0 Å². The van der Waals surface area contributed by atoms with Crippen molar-refractivity contribution in [3.63, 3.8) is 0 Å². The minimum atomic E-state index is -0.428. The largest absolute Gasteiger partial charge is 0.324 e. The van der Waals surface area contributed by atoms with E-state index in [-0.39, 0.29) is 10.9 Å². The Morgan fingerprint density at radius 3 is 2.85 bits per heavy atom. The maximum absolute atomic E-state index is 12.8. The van der Waals surface area contributed by atoms with Crippen molar-refractivity contribution in [2.24, 2.45) is 0 Å². The second kappa shape index (κ2) is 9.14. The molecule has 0 fully saturated rings. The molecule has 4 heterocycles. The topological polar surface area (TPSA) is 88.4 Å². The Balaban J connectivity index is 1.47. The summed E-state index contributed by atoms with van der Waals surface area (Å²) in [5, 5.41) is 15.7. The van der Waals surface area contributed by atoms with Crippen molar-refractivity contribution in [2.45, 2.75) is 19.9 Å². The van der Waals surface area contributed by atoms with Crippen LogP contribution in [0.25, 0.3) is 26.9 Å². The van der Waals surface area contributed by atoms with Gasteiger partial charge in [0, 0.05) is 40.5 Å². The van der Waals surface area contributed by atoms with Crippen LogP contribution in [0.3, 0.4) is 0 Å². The van der Waals surface area contributed by atoms with Gasteiger partial charge in [0.05, 0.1) is 15.1 Å². The number of para-hydroxylation sites is 1. The minimum absolute atomic E-state index is 0.0552. The Morgan fingerprint density at radius 1 is 1.24 bits per heavy atom. The average Bonchev–Trinajstić information content (AvgIpc) is 3.53. The van der Waals surface area contributed by atoms with E-state index < -0.39 is 4.92 Å². The zero-order chi connectivity index (χ0) is 22.9. The summed E-state index contributed by atoms with van der Waals surface area (Å²) < 4.78 is 1.12. The lowest BCUT2D eigenvalue weighted by atomic mass is 10.0. The monoisotopic (exact) mass is 496 g/mol. The molecule has 1 N–H and O–H groups in total. The second-order valence-corrected chi connectivity index (χ2v) is 10.8. The van der Waals surface area contributed by atoms with Gasteiger partial charge in [-0.1, -0.05) is 30.4 Å². The van der Waals surface area contributed by atoms with Gasteiger partial charge in [0.2, 0.25) is 5.91 Å². The summed E-state index contributed by atoms with van der Waals surface area (Å²) in [5.74, 6) is -0.264. The van der Waals surface area contributed by atoms with Crippen molar-refractivity contribution < 1.29 is 9.72 Å². The van der Waals surface area contributed by atoms with Crippen LogP contribution in [0.15, 0.2) is 42.5 Å². The molecule has 0 unspecified atom stereocenters. The number of hydrogen-bond donors (Lipinski definition) is 1. The van der Waals surface area contributed by atoms with Crippen LogP contribution < -0.4 is 5.32 Å². The predicted octanol–water partition coefficient (Wildman–Crippen LogP) is 6.02. The molecule has 1 aromatic carbocycles. The Morgan fingerprint density at radius 2 is 2.09 bits per heavy atom. The number of nitrogens with zero attached hydrogens (tertiary/aromatic N) is 3. The number of carbonyl (C=O) groups is 1. The number of nitrogens with one attached hydrogen (secondary N) is 1. The molecule has 168 valence electrons. The average molecular weight is 497 g/mol. The van der Waals surface area contributed by atoms with Crippen LogP contribution in [0.4, 0.5) is 10.0 Å². The highest BCUT2D eigenvalue weighted by Gasteiger charge is 2.27. The van der Waals surface area contributed by atoms with Crippen LogP contribution in [0.1, 0.15) is 22.2 Å². The summed E-state index contributed by atoms with van der Waals surface area (Å²) >= 11 is 4.30. The number of rotatable bonds is 6. The molecule has 0 saturated heterocycles. The number of aromatic nitrogens is 1. The van der Waals surface area contributed by atoms with E-state index in [1.807, 2.05) is 18.2 Å². The maximum Gasteiger partial charge on any atom is 0.324 e. The van der Waals surface area contributed by atoms with Gasteiger partial charge in [-0.15, -0.1) is 22.7 Å². The van der Waals surface area contributed by atoms with Gasteiger partial charge >= 0.3 is 5.00 Å². The molecule has 10 heteroatoms. The van der Waals surface area contributed by atoms with Gasteiger partial charge < -0.3 is 5.32 Å². The smallest absolute Gasteiger partial charge is 0.313 e. The first kappa shape index (κ1) is 21.9. The molecule has 0 bridgehead atoms. The Kier molecular flexibility index (Phi) is 6.07. The number of likely N-dealkylation sites (N-methyl/N-ethyl adjacent to an activating group) is 1. The van der Waals surface area contributed by atoms with Gasteiger partial charge in [0.25, 0.3) is 0 Å². The zero-order valence-electron chi connectivity index (χ0n) is 17.7. The fraction of sp³-hybridized carbons (Fsp3) is 0.217. The highest BCUT2D eigenvalue weighted by atomic mass is 32.1. The standard InChI is InChI=1S/C23H20N4O3S3/c1-2-26-12-11-15-18(13-26)33-23(21(15)22-24-16-5-3-4-6-17(16)32-22)25-19(28)9-7-14-8-10-20(31-14)27(29)30/h3-10H,2,11-13H2,1H3,(H,25,28)/b9-7+. The Bertz CT molecular complexity index is 1350. The van der Waals surface area contributed by atoms with Gasteiger partial charge in [-0.2, -0.15) is 0 Å². The summed E-state index contributed by atoms with van der Waals surface area (Å²) in [5.41, 5.74) is 3.26. The van der Waals surface area contributed by atoms with E-state index in [9.17, 15) is 14.9 Å². The van der Waals surface area contributed by atoms with E-state index in [2.05, 4.69) is 23.2 Å². The quantitative estimate of drug-likeness (QED) is 0.200. The number of amides is 1. The van der Waals surface area contributed by atoms with Crippen molar-refractivity contribution in [3.8, 4) is 10.6 Å². The van der Waals surface area contributed by atoms with Crippen LogP contribution in [0, 0.1) is 10.1 Å². The summed E-state index contributed by atoms with van der Waals surface area (Å²) in [7, 11) is 0. The molecule has 0 atom stereocenters. The highest BCUT2D eigenvalue weighted by molar-refractivity contribution is 7.23. The maximum atomic E-state index is 12.8. The van der Waals surface area contributed by atoms with Crippen molar-refractivity contribution >= 4 is 66.2 Å². The third-order valence-corrected chi connectivity index (χ3v) is 8.71. The zero-order valence-corrected chi connectivity index (χ0v) is 20.2. The fourth-order valence-corrected chi connectivity index (χ4v) is 6.99. The number of thiophene rings is 2. The third-order valence-electron chi connectivity index (χ3n) is 5.52. The van der Waals surface area contributed by atoms with Crippen LogP contribution >= 0.6 is 34.0 Å². The number of nitro groups is 1. The summed E-state index contributed by atoms with van der Waals surface area (Å²) in [6, 6.07) is 11.2. The molecule has 5 rings (SSSR count). The van der Waals surface area contributed by atoms with Crippen molar-refractivity contribution in [2.75, 3.05) is 18.4 Å². The van der Waals surface area contributed by atoms with Crippen molar-refractivity contribution in [1.29, 1.82) is 0 Å². The first-order valence-electron chi connectivity index (χ1n) is 10.5. The van der Waals surface area contributed by atoms with Crippen molar-refractivity contribution in [1.82, 2.24) is 9.88 Å². The van der Waals surface area contributed by atoms with Gasteiger partial charge in [0.15, 0.2) is 0 Å². The second-order valence-electron chi connectivity index (χ2n) is 7.57. The van der Waals surface area contributed by atoms with E-state index in [1.54, 1.807) is 34.8 Å². The fourth-order valence-electron chi connectivity index (χ4n) is 3.86. The van der Waals surface area contributed by atoms with Gasteiger partial charge in [-0.05, 0) is 42.8 Å². The van der Waals surface area contributed by atoms with Gasteiger partial charge in [-0.25, -0.2) is 4.98 Å². The lowest BCUT2D eigenvalue weighted by molar-refractivity contribution is -0.380. The van der Waals surface area contributed by atoms with E-state index >= 15 is 0 Å². The molecule has 1 aliphatic rings. The molecule has 0 radical (unpaired) electrons. The summed E-state index contributed by atoms with van der Waals surface area (Å²) in [4.78, 5) is 32.4. The molecule has 4 aromatic rings. The highest BCUT2D eigenvalue weighted by Crippen LogP contribution is 2.45. The Labute approximate surface area is 202 Å². The molecule has 0 spiro atoms. The van der Waals surface area contributed by atoms with Crippen molar-refractivity contribution in [3.05, 3.63) is 67.9 Å². The molecular formula is C23H20N4O3S3. The van der Waals surface area contributed by atoms with E-state index in [0.717, 1.165) is 63.2 Å². The SMILES string of the molecule is CCN1CCc2c(sc(NC(=O)/C=C/c3ccc([N+](=O)[O-])s3)c2-c2nc3ccccc3s2)C1. The third kappa shape index (κ3) is 4.47. The number of benzene rings is 1. The van der Waals surface area contributed by atoms with E-state index in [1.165, 1.54) is 22.6 Å². The van der Waals surface area contributed by atoms with Crippen LogP contribution in [0.5, 0.6) is 0 Å². The van der Waals surface area contributed by atoms with Crippen LogP contribution in [-0.2, 0) is 17.8 Å². The number of carbonyl (C=O) groups excluding carboxylic acids is 1. The number of hydrogen-bond acceptors (Lipinski definition) is 8. The normalized spacial score (nSPS) is 14.1. The molecule has 1 aliphatic heterocycles. The number of anilines is 1. The Hall–Kier alpha value is -2.92. The number of fused-ring (bicyclic) bond motifs is 2. The first-order valence-corrected chi connectivity index (χ1v) is 12.9. The molecule has 0 aliphatic carbocycles. The van der Waals surface area contributed by atoms with E-state index in [0.29, 0.717) is 4.88 Å².